The van der Waals surface area contributed by atoms with Gasteiger partial charge < -0.3 is 20.5 Å². The van der Waals surface area contributed by atoms with Gasteiger partial charge in [-0.25, -0.2) is 4.68 Å². The van der Waals surface area contributed by atoms with Crippen LogP contribution >= 0.6 is 0 Å². The van der Waals surface area contributed by atoms with Crippen molar-refractivity contribution in [3.05, 3.63) is 35.7 Å². The summed E-state index contributed by atoms with van der Waals surface area (Å²) < 4.78 is 56.4. The highest BCUT2D eigenvalue weighted by molar-refractivity contribution is 5.95. The Kier molecular flexibility index (Phi) is 10.0. The number of halogens is 4. The van der Waals surface area contributed by atoms with Gasteiger partial charge in [-0.2, -0.15) is 13.2 Å². The molecule has 182 valence electrons. The van der Waals surface area contributed by atoms with Crippen molar-refractivity contribution in [2.45, 2.75) is 31.9 Å². The van der Waals surface area contributed by atoms with Gasteiger partial charge in [0.25, 0.3) is 11.8 Å². The van der Waals surface area contributed by atoms with Gasteiger partial charge in [-0.05, 0) is 37.5 Å². The van der Waals surface area contributed by atoms with Crippen molar-refractivity contribution in [1.29, 1.82) is 0 Å². The smallest absolute Gasteiger partial charge is 0.405 e. The molecule has 1 aromatic carbocycles. The number of rotatable bonds is 13. The molecule has 0 aliphatic heterocycles. The highest BCUT2D eigenvalue weighted by atomic mass is 19.4. The SMILES string of the molecule is O=C(NCC(F)(F)F)c1ccc(-n2cc(C(=O)NCCO)nn2)c(OCCCCCCF)c1. The molecule has 0 saturated heterocycles. The third-order valence-electron chi connectivity index (χ3n) is 4.33. The lowest BCUT2D eigenvalue weighted by Crippen LogP contribution is -2.33. The molecule has 0 saturated carbocycles. The van der Waals surface area contributed by atoms with Gasteiger partial charge in [-0.3, -0.25) is 14.0 Å². The Morgan fingerprint density at radius 1 is 1.09 bits per heavy atom. The van der Waals surface area contributed by atoms with Crippen LogP contribution in [0.2, 0.25) is 0 Å². The van der Waals surface area contributed by atoms with Crippen LogP contribution < -0.4 is 15.4 Å². The number of aliphatic hydroxyl groups is 1. The minimum absolute atomic E-state index is 0.0319. The zero-order chi connectivity index (χ0) is 24.3. The highest BCUT2D eigenvalue weighted by Crippen LogP contribution is 2.25. The summed E-state index contributed by atoms with van der Waals surface area (Å²) in [5.74, 6) is -1.35. The van der Waals surface area contributed by atoms with Crippen molar-refractivity contribution in [2.24, 2.45) is 0 Å². The molecule has 0 atom stereocenters. The number of alkyl halides is 4. The molecule has 33 heavy (non-hydrogen) atoms. The van der Waals surface area contributed by atoms with E-state index in [-0.39, 0.29) is 36.8 Å². The number of nitrogens with zero attached hydrogens (tertiary/aromatic N) is 3. The average Bonchev–Trinajstić information content (AvgIpc) is 3.27. The van der Waals surface area contributed by atoms with E-state index in [9.17, 15) is 27.2 Å². The molecular formula is C20H25F4N5O4. The highest BCUT2D eigenvalue weighted by Gasteiger charge is 2.28. The van der Waals surface area contributed by atoms with E-state index in [1.54, 1.807) is 5.32 Å². The predicted molar refractivity (Wildman–Crippen MR) is 109 cm³/mol. The first-order valence-electron chi connectivity index (χ1n) is 10.2. The number of hydrogen-bond acceptors (Lipinski definition) is 6. The molecule has 9 nitrogen and oxygen atoms in total. The number of carbonyl (C=O) groups excluding carboxylic acids is 2. The Labute approximate surface area is 187 Å². The number of benzene rings is 1. The fraction of sp³-hybridized carbons (Fsp3) is 0.500. The largest absolute Gasteiger partial charge is 0.491 e. The average molecular weight is 475 g/mol. The van der Waals surface area contributed by atoms with E-state index in [1.165, 1.54) is 29.1 Å². The summed E-state index contributed by atoms with van der Waals surface area (Å²) in [5.41, 5.74) is 0.212. The molecule has 2 aromatic rings. The maximum absolute atomic E-state index is 12.4. The van der Waals surface area contributed by atoms with E-state index in [2.05, 4.69) is 15.6 Å². The predicted octanol–water partition coefficient (Wildman–Crippen LogP) is 2.19. The fourth-order valence-electron chi connectivity index (χ4n) is 2.72. The lowest BCUT2D eigenvalue weighted by Gasteiger charge is -2.14. The van der Waals surface area contributed by atoms with Crippen molar-refractivity contribution in [2.75, 3.05) is 33.0 Å². The number of carbonyl (C=O) groups is 2. The third kappa shape index (κ3) is 8.67. The number of nitrogens with one attached hydrogen (secondary N) is 2. The molecule has 2 rings (SSSR count). The zero-order valence-electron chi connectivity index (χ0n) is 17.7. The van der Waals surface area contributed by atoms with Crippen LogP contribution in [0.25, 0.3) is 5.69 Å². The van der Waals surface area contributed by atoms with Crippen LogP contribution in [-0.2, 0) is 0 Å². The summed E-state index contributed by atoms with van der Waals surface area (Å²) in [6.07, 6.45) is -0.816. The fourth-order valence-corrected chi connectivity index (χ4v) is 2.72. The summed E-state index contributed by atoms with van der Waals surface area (Å²) in [6.45, 7) is -1.88. The Morgan fingerprint density at radius 3 is 2.55 bits per heavy atom. The molecule has 1 aromatic heterocycles. The van der Waals surface area contributed by atoms with Crippen molar-refractivity contribution >= 4 is 11.8 Å². The van der Waals surface area contributed by atoms with Gasteiger partial charge in [0, 0.05) is 12.1 Å². The molecule has 0 fully saturated rings. The number of aromatic nitrogens is 3. The minimum Gasteiger partial charge on any atom is -0.491 e. The van der Waals surface area contributed by atoms with Gasteiger partial charge in [0.15, 0.2) is 5.69 Å². The Bertz CT molecular complexity index is 920. The van der Waals surface area contributed by atoms with Crippen molar-refractivity contribution in [3.8, 4) is 11.4 Å². The summed E-state index contributed by atoms with van der Waals surface area (Å²) in [4.78, 5) is 24.1. The monoisotopic (exact) mass is 475 g/mol. The molecular weight excluding hydrogens is 450 g/mol. The summed E-state index contributed by atoms with van der Waals surface area (Å²) in [6, 6.07) is 3.98. The van der Waals surface area contributed by atoms with Crippen LogP contribution in [0.5, 0.6) is 5.75 Å². The van der Waals surface area contributed by atoms with Crippen molar-refractivity contribution < 1.29 is 37.0 Å². The Morgan fingerprint density at radius 2 is 1.85 bits per heavy atom. The quantitative estimate of drug-likeness (QED) is 0.302. The van der Waals surface area contributed by atoms with Gasteiger partial charge in [-0.1, -0.05) is 11.6 Å². The van der Waals surface area contributed by atoms with Crippen LogP contribution in [-0.4, -0.2) is 71.1 Å². The molecule has 0 spiro atoms. The normalized spacial score (nSPS) is 11.3. The van der Waals surface area contributed by atoms with Crippen LogP contribution in [0.15, 0.2) is 24.4 Å². The summed E-state index contributed by atoms with van der Waals surface area (Å²) >= 11 is 0. The van der Waals surface area contributed by atoms with E-state index in [0.29, 0.717) is 31.4 Å². The first kappa shape index (κ1) is 26.0. The van der Waals surface area contributed by atoms with Gasteiger partial charge >= 0.3 is 6.18 Å². The molecule has 1 heterocycles. The Balaban J connectivity index is 2.20. The lowest BCUT2D eigenvalue weighted by atomic mass is 10.1. The number of aliphatic hydroxyl groups excluding tert-OH is 1. The van der Waals surface area contributed by atoms with Crippen molar-refractivity contribution in [1.82, 2.24) is 25.6 Å². The second-order valence-corrected chi connectivity index (χ2v) is 6.96. The topological polar surface area (TPSA) is 118 Å². The number of unbranched alkanes of at least 4 members (excludes halogenated alkanes) is 3. The third-order valence-corrected chi connectivity index (χ3v) is 4.33. The van der Waals surface area contributed by atoms with Gasteiger partial charge in [0.1, 0.15) is 18.0 Å². The van der Waals surface area contributed by atoms with Crippen LogP contribution in [0.1, 0.15) is 46.5 Å². The summed E-state index contributed by atoms with van der Waals surface area (Å²) in [7, 11) is 0. The molecule has 2 amide bonds. The number of ether oxygens (including phenoxy) is 1. The first-order valence-corrected chi connectivity index (χ1v) is 10.2. The van der Waals surface area contributed by atoms with E-state index in [0.717, 1.165) is 0 Å². The first-order chi connectivity index (χ1) is 15.7. The molecule has 3 N–H and O–H groups in total. The second kappa shape index (κ2) is 12.7. The standard InChI is InChI=1S/C20H25F4N5O4/c21-7-3-1-2-4-10-33-17-11-14(18(31)26-13-20(22,23)24)5-6-16(17)29-12-15(27-28-29)19(32)25-8-9-30/h5-6,11-12,30H,1-4,7-10,13H2,(H,25,32)(H,26,31). The van der Waals surface area contributed by atoms with Crippen LogP contribution in [0, 0.1) is 0 Å². The van der Waals surface area contributed by atoms with E-state index >= 15 is 0 Å². The van der Waals surface area contributed by atoms with Crippen LogP contribution in [0.3, 0.4) is 0 Å². The molecule has 0 bridgehead atoms. The number of hydrogen-bond donors (Lipinski definition) is 3. The van der Waals surface area contributed by atoms with E-state index in [4.69, 9.17) is 9.84 Å². The maximum Gasteiger partial charge on any atom is 0.405 e. The van der Waals surface area contributed by atoms with E-state index in [1.807, 2.05) is 0 Å². The van der Waals surface area contributed by atoms with Crippen molar-refractivity contribution in [3.63, 3.8) is 0 Å². The van der Waals surface area contributed by atoms with Gasteiger partial charge in [-0.15, -0.1) is 5.10 Å². The Hall–Kier alpha value is -3.22. The van der Waals surface area contributed by atoms with Gasteiger partial charge in [0.05, 0.1) is 26.1 Å². The molecule has 13 heteroatoms. The molecule has 0 unspecified atom stereocenters. The van der Waals surface area contributed by atoms with E-state index < -0.39 is 31.2 Å². The lowest BCUT2D eigenvalue weighted by molar-refractivity contribution is -0.123. The zero-order valence-corrected chi connectivity index (χ0v) is 17.7. The molecule has 0 radical (unpaired) electrons. The minimum atomic E-state index is -4.55. The summed E-state index contributed by atoms with van der Waals surface area (Å²) in [5, 5.41) is 20.6. The molecule has 0 aliphatic carbocycles. The maximum atomic E-state index is 12.4. The molecule has 0 aliphatic rings. The van der Waals surface area contributed by atoms with Gasteiger partial charge in [0.2, 0.25) is 0 Å². The second-order valence-electron chi connectivity index (χ2n) is 6.96. The number of amides is 2. The van der Waals surface area contributed by atoms with Crippen LogP contribution in [0.4, 0.5) is 17.6 Å².